The molecule has 2 heterocycles. The Kier molecular flexibility index (Phi) is 3.52. The number of likely N-dealkylation sites (tertiary alicyclic amines) is 1. The van der Waals surface area contributed by atoms with E-state index in [2.05, 4.69) is 34.5 Å². The quantitative estimate of drug-likeness (QED) is 0.898. The van der Waals surface area contributed by atoms with Gasteiger partial charge in [0.15, 0.2) is 0 Å². The molecular formula is C21H30N2. The summed E-state index contributed by atoms with van der Waals surface area (Å²) in [7, 11) is 0. The average molecular weight is 310 g/mol. The van der Waals surface area contributed by atoms with Gasteiger partial charge in [0.05, 0.1) is 0 Å². The Hall–Kier alpha value is -0.860. The molecule has 1 aromatic rings. The van der Waals surface area contributed by atoms with Crippen molar-refractivity contribution in [3.8, 4) is 0 Å². The van der Waals surface area contributed by atoms with Gasteiger partial charge >= 0.3 is 0 Å². The minimum Gasteiger partial charge on any atom is -0.317 e. The molecule has 1 atom stereocenters. The third-order valence-corrected chi connectivity index (χ3v) is 7.14. The van der Waals surface area contributed by atoms with Crippen LogP contribution in [0.2, 0.25) is 0 Å². The predicted octanol–water partition coefficient (Wildman–Crippen LogP) is 4.23. The highest BCUT2D eigenvalue weighted by atomic mass is 15.2. The lowest BCUT2D eigenvalue weighted by atomic mass is 9.60. The van der Waals surface area contributed by atoms with Crippen molar-refractivity contribution in [3.05, 3.63) is 35.4 Å². The summed E-state index contributed by atoms with van der Waals surface area (Å²) < 4.78 is 0. The zero-order valence-electron chi connectivity index (χ0n) is 14.3. The van der Waals surface area contributed by atoms with E-state index in [9.17, 15) is 0 Å². The molecular weight excluding hydrogens is 280 g/mol. The molecule has 124 valence electrons. The van der Waals surface area contributed by atoms with E-state index in [1.54, 1.807) is 11.1 Å². The Balaban J connectivity index is 1.34. The van der Waals surface area contributed by atoms with E-state index < -0.39 is 0 Å². The van der Waals surface area contributed by atoms with Gasteiger partial charge in [-0.2, -0.15) is 0 Å². The second-order valence-corrected chi connectivity index (χ2v) is 8.61. The van der Waals surface area contributed by atoms with Gasteiger partial charge in [0.25, 0.3) is 0 Å². The van der Waals surface area contributed by atoms with Crippen LogP contribution in [0.5, 0.6) is 0 Å². The smallest absolute Gasteiger partial charge is 0.0354 e. The van der Waals surface area contributed by atoms with E-state index in [1.165, 1.54) is 71.0 Å². The van der Waals surface area contributed by atoms with Crippen molar-refractivity contribution in [2.24, 2.45) is 5.41 Å². The molecule has 0 amide bonds. The molecule has 0 bridgehead atoms. The molecule has 5 rings (SSSR count). The van der Waals surface area contributed by atoms with Crippen molar-refractivity contribution in [1.29, 1.82) is 0 Å². The van der Waals surface area contributed by atoms with Crippen molar-refractivity contribution in [1.82, 2.24) is 10.2 Å². The summed E-state index contributed by atoms with van der Waals surface area (Å²) >= 11 is 0. The Morgan fingerprint density at radius 3 is 2.43 bits per heavy atom. The summed E-state index contributed by atoms with van der Waals surface area (Å²) in [5.74, 6) is 0.880. The predicted molar refractivity (Wildman–Crippen MR) is 94.7 cm³/mol. The molecule has 1 spiro atoms. The van der Waals surface area contributed by atoms with Gasteiger partial charge in [-0.25, -0.2) is 0 Å². The monoisotopic (exact) mass is 310 g/mol. The first-order chi connectivity index (χ1) is 11.3. The summed E-state index contributed by atoms with van der Waals surface area (Å²) in [5, 5.41) is 3.54. The third kappa shape index (κ3) is 2.55. The summed E-state index contributed by atoms with van der Waals surface area (Å²) in [5.41, 5.74) is 4.07. The molecule has 2 aliphatic heterocycles. The maximum Gasteiger partial charge on any atom is 0.0354 e. The number of benzene rings is 1. The number of nitrogens with zero attached hydrogens (tertiary/aromatic N) is 1. The van der Waals surface area contributed by atoms with Gasteiger partial charge in [-0.05, 0) is 93.5 Å². The van der Waals surface area contributed by atoms with Crippen molar-refractivity contribution >= 4 is 0 Å². The molecule has 2 aliphatic carbocycles. The van der Waals surface area contributed by atoms with Crippen LogP contribution in [0.25, 0.3) is 0 Å². The van der Waals surface area contributed by atoms with E-state index in [-0.39, 0.29) is 0 Å². The first-order valence-corrected chi connectivity index (χ1v) is 9.90. The SMILES string of the molecule is c1ccc([C@@H]2CCCN2C2CC3(CCNCC3)C2)c(C2CC2)c1. The maximum absolute atomic E-state index is 3.54. The maximum atomic E-state index is 3.54. The Morgan fingerprint density at radius 1 is 0.957 bits per heavy atom. The van der Waals surface area contributed by atoms with Gasteiger partial charge < -0.3 is 5.32 Å². The van der Waals surface area contributed by atoms with Gasteiger partial charge in [-0.15, -0.1) is 0 Å². The second kappa shape index (κ2) is 5.60. The zero-order chi connectivity index (χ0) is 15.3. The number of piperidine rings is 1. The number of hydrogen-bond donors (Lipinski definition) is 1. The van der Waals surface area contributed by atoms with E-state index in [1.807, 2.05) is 0 Å². The molecule has 23 heavy (non-hydrogen) atoms. The van der Waals surface area contributed by atoms with Crippen LogP contribution < -0.4 is 5.32 Å². The molecule has 2 saturated carbocycles. The van der Waals surface area contributed by atoms with Crippen molar-refractivity contribution in [3.63, 3.8) is 0 Å². The first-order valence-electron chi connectivity index (χ1n) is 9.90. The van der Waals surface area contributed by atoms with Crippen molar-refractivity contribution in [2.75, 3.05) is 19.6 Å². The van der Waals surface area contributed by atoms with Crippen LogP contribution in [0, 0.1) is 5.41 Å². The normalized spacial score (nSPS) is 31.4. The standard InChI is InChI=1S/C21H30N2/c1-2-5-19(18(4-1)16-7-8-16)20-6-3-13-23(20)17-14-21(15-17)9-11-22-12-10-21/h1-2,4-5,16-17,20,22H,3,6-15H2/t20-/m0/s1. The van der Waals surface area contributed by atoms with Crippen LogP contribution >= 0.6 is 0 Å². The van der Waals surface area contributed by atoms with E-state index >= 15 is 0 Å². The van der Waals surface area contributed by atoms with Gasteiger partial charge in [-0.3, -0.25) is 4.90 Å². The number of rotatable bonds is 3. The minimum atomic E-state index is 0.707. The molecule has 2 nitrogen and oxygen atoms in total. The zero-order valence-corrected chi connectivity index (χ0v) is 14.3. The fraction of sp³-hybridized carbons (Fsp3) is 0.714. The highest BCUT2D eigenvalue weighted by Crippen LogP contribution is 2.53. The molecule has 1 N–H and O–H groups in total. The van der Waals surface area contributed by atoms with Crippen LogP contribution in [0.15, 0.2) is 24.3 Å². The third-order valence-electron chi connectivity index (χ3n) is 7.14. The van der Waals surface area contributed by atoms with Crippen molar-refractivity contribution < 1.29 is 0 Å². The topological polar surface area (TPSA) is 15.3 Å². The lowest BCUT2D eigenvalue weighted by Crippen LogP contribution is -2.54. The van der Waals surface area contributed by atoms with Crippen molar-refractivity contribution in [2.45, 2.75) is 69.4 Å². The van der Waals surface area contributed by atoms with Crippen LogP contribution in [0.1, 0.15) is 74.5 Å². The van der Waals surface area contributed by atoms with Gasteiger partial charge in [0, 0.05) is 12.1 Å². The Morgan fingerprint density at radius 2 is 1.70 bits per heavy atom. The highest BCUT2D eigenvalue weighted by Gasteiger charge is 2.49. The average Bonchev–Trinajstić information content (AvgIpc) is 3.31. The number of nitrogens with one attached hydrogen (secondary N) is 1. The lowest BCUT2D eigenvalue weighted by Gasteiger charge is -2.54. The summed E-state index contributed by atoms with van der Waals surface area (Å²) in [4.78, 5) is 2.90. The molecule has 2 heteroatoms. The lowest BCUT2D eigenvalue weighted by molar-refractivity contribution is -0.0265. The fourth-order valence-corrected chi connectivity index (χ4v) is 5.68. The fourth-order valence-electron chi connectivity index (χ4n) is 5.68. The number of hydrogen-bond acceptors (Lipinski definition) is 2. The summed E-state index contributed by atoms with van der Waals surface area (Å²) in [6, 6.07) is 11.0. The molecule has 0 unspecified atom stereocenters. The molecule has 2 saturated heterocycles. The van der Waals surface area contributed by atoms with Gasteiger partial charge in [0.2, 0.25) is 0 Å². The van der Waals surface area contributed by atoms with Crippen LogP contribution in [0.3, 0.4) is 0 Å². The summed E-state index contributed by atoms with van der Waals surface area (Å²) in [6.45, 7) is 3.84. The van der Waals surface area contributed by atoms with Crippen LogP contribution in [0.4, 0.5) is 0 Å². The second-order valence-electron chi connectivity index (χ2n) is 8.61. The van der Waals surface area contributed by atoms with Crippen LogP contribution in [-0.4, -0.2) is 30.6 Å². The van der Waals surface area contributed by atoms with Gasteiger partial charge in [-0.1, -0.05) is 24.3 Å². The Bertz CT molecular complexity index is 563. The molecule has 4 aliphatic rings. The Labute approximate surface area is 140 Å². The molecule has 1 aromatic carbocycles. The largest absolute Gasteiger partial charge is 0.317 e. The minimum absolute atomic E-state index is 0.707. The highest BCUT2D eigenvalue weighted by molar-refractivity contribution is 5.36. The van der Waals surface area contributed by atoms with Crippen LogP contribution in [-0.2, 0) is 0 Å². The van der Waals surface area contributed by atoms with E-state index in [4.69, 9.17) is 0 Å². The molecule has 0 aromatic heterocycles. The van der Waals surface area contributed by atoms with E-state index in [0.717, 1.165) is 18.0 Å². The van der Waals surface area contributed by atoms with Gasteiger partial charge in [0.1, 0.15) is 0 Å². The molecule has 4 fully saturated rings. The summed E-state index contributed by atoms with van der Waals surface area (Å²) in [6.07, 6.45) is 11.4. The molecule has 0 radical (unpaired) electrons. The van der Waals surface area contributed by atoms with E-state index in [0.29, 0.717) is 5.41 Å². The first kappa shape index (κ1) is 14.5.